The monoisotopic (exact) mass is 361 g/mol. The average Bonchev–Trinajstić information content (AvgIpc) is 3.03. The zero-order valence-corrected chi connectivity index (χ0v) is 14.1. The molecular formula is C17H14ClN2O3S-. The minimum Gasteiger partial charge on any atom is -0.550 e. The van der Waals surface area contributed by atoms with Crippen LogP contribution in [0.25, 0.3) is 11.3 Å². The summed E-state index contributed by atoms with van der Waals surface area (Å²) < 4.78 is 0. The van der Waals surface area contributed by atoms with E-state index < -0.39 is 17.8 Å². The van der Waals surface area contributed by atoms with Crippen molar-refractivity contribution >= 4 is 39.9 Å². The van der Waals surface area contributed by atoms with E-state index in [2.05, 4.69) is 10.3 Å². The summed E-state index contributed by atoms with van der Waals surface area (Å²) >= 11 is 7.42. The highest BCUT2D eigenvalue weighted by Gasteiger charge is 2.30. The SMILES string of the molecule is O=C([O-])C1CC=CCC1C(=O)Nc1nc(-c2ccccc2Cl)cs1. The second kappa shape index (κ2) is 7.15. The number of aromatic nitrogens is 1. The molecule has 1 aliphatic rings. The minimum absolute atomic E-state index is 0.309. The van der Waals surface area contributed by atoms with E-state index in [0.29, 0.717) is 28.7 Å². The molecular weight excluding hydrogens is 348 g/mol. The third kappa shape index (κ3) is 3.49. The lowest BCUT2D eigenvalue weighted by molar-refractivity contribution is -0.313. The summed E-state index contributed by atoms with van der Waals surface area (Å²) in [5.41, 5.74) is 1.45. The predicted molar refractivity (Wildman–Crippen MR) is 91.6 cm³/mol. The van der Waals surface area contributed by atoms with Crippen LogP contribution in [0.15, 0.2) is 41.8 Å². The van der Waals surface area contributed by atoms with Crippen LogP contribution in [-0.2, 0) is 9.59 Å². The van der Waals surface area contributed by atoms with Gasteiger partial charge in [0.15, 0.2) is 5.13 Å². The summed E-state index contributed by atoms with van der Waals surface area (Å²) in [5.74, 6) is -3.00. The molecule has 0 saturated carbocycles. The van der Waals surface area contributed by atoms with E-state index in [0.717, 1.165) is 5.56 Å². The van der Waals surface area contributed by atoms with Gasteiger partial charge in [-0.1, -0.05) is 42.0 Å². The second-order valence-electron chi connectivity index (χ2n) is 5.48. The van der Waals surface area contributed by atoms with Gasteiger partial charge in [-0.15, -0.1) is 11.3 Å². The fourth-order valence-electron chi connectivity index (χ4n) is 2.69. The van der Waals surface area contributed by atoms with E-state index in [4.69, 9.17) is 11.6 Å². The normalized spacial score (nSPS) is 19.9. The molecule has 124 valence electrons. The number of amides is 1. The summed E-state index contributed by atoms with van der Waals surface area (Å²) in [6.45, 7) is 0. The van der Waals surface area contributed by atoms with E-state index in [9.17, 15) is 14.7 Å². The fraction of sp³-hybridized carbons (Fsp3) is 0.235. The van der Waals surface area contributed by atoms with Crippen LogP contribution in [0.3, 0.4) is 0 Å². The summed E-state index contributed by atoms with van der Waals surface area (Å²) in [4.78, 5) is 28.0. The van der Waals surface area contributed by atoms with Crippen molar-refractivity contribution in [2.24, 2.45) is 11.8 Å². The molecule has 1 heterocycles. The van der Waals surface area contributed by atoms with Crippen molar-refractivity contribution in [3.63, 3.8) is 0 Å². The molecule has 2 unspecified atom stereocenters. The third-order valence-electron chi connectivity index (χ3n) is 3.96. The van der Waals surface area contributed by atoms with Gasteiger partial charge >= 0.3 is 0 Å². The highest BCUT2D eigenvalue weighted by atomic mass is 35.5. The van der Waals surface area contributed by atoms with Gasteiger partial charge in [0.25, 0.3) is 0 Å². The number of carboxylic acid groups (broad SMARTS) is 1. The Bertz CT molecular complexity index is 803. The molecule has 2 aromatic rings. The Morgan fingerprint density at radius 1 is 1.21 bits per heavy atom. The van der Waals surface area contributed by atoms with Gasteiger partial charge in [-0.25, -0.2) is 4.98 Å². The molecule has 2 atom stereocenters. The minimum atomic E-state index is -1.20. The van der Waals surface area contributed by atoms with E-state index in [1.54, 1.807) is 17.5 Å². The summed E-state index contributed by atoms with van der Waals surface area (Å²) in [7, 11) is 0. The number of carboxylic acids is 1. The number of benzene rings is 1. The number of thiazole rings is 1. The molecule has 0 radical (unpaired) electrons. The van der Waals surface area contributed by atoms with Crippen LogP contribution in [0, 0.1) is 11.8 Å². The molecule has 1 N–H and O–H groups in total. The van der Waals surface area contributed by atoms with Crippen molar-refractivity contribution in [3.8, 4) is 11.3 Å². The van der Waals surface area contributed by atoms with Crippen LogP contribution in [0.4, 0.5) is 5.13 Å². The number of anilines is 1. The van der Waals surface area contributed by atoms with E-state index in [1.807, 2.05) is 24.3 Å². The van der Waals surface area contributed by atoms with Gasteiger partial charge in [-0.05, 0) is 18.9 Å². The van der Waals surface area contributed by atoms with Crippen molar-refractivity contribution in [1.82, 2.24) is 4.98 Å². The van der Waals surface area contributed by atoms with Crippen molar-refractivity contribution in [1.29, 1.82) is 0 Å². The first-order valence-electron chi connectivity index (χ1n) is 7.43. The lowest BCUT2D eigenvalue weighted by Gasteiger charge is -2.27. The number of carbonyl (C=O) groups is 2. The molecule has 5 nitrogen and oxygen atoms in total. The Morgan fingerprint density at radius 3 is 2.62 bits per heavy atom. The highest BCUT2D eigenvalue weighted by molar-refractivity contribution is 7.14. The van der Waals surface area contributed by atoms with E-state index in [1.165, 1.54) is 11.3 Å². The molecule has 7 heteroatoms. The molecule has 0 bridgehead atoms. The molecule has 1 aromatic carbocycles. The Kier molecular flexibility index (Phi) is 4.97. The highest BCUT2D eigenvalue weighted by Crippen LogP contribution is 2.31. The lowest BCUT2D eigenvalue weighted by atomic mass is 9.82. The number of hydrogen-bond donors (Lipinski definition) is 1. The standard InChI is InChI=1S/C17H15ClN2O3S/c18-13-8-4-3-7-12(13)14-9-24-17(19-14)20-15(21)10-5-1-2-6-11(10)16(22)23/h1-4,7-11H,5-6H2,(H,22,23)(H,19,20,21)/p-1. The van der Waals surface area contributed by atoms with E-state index >= 15 is 0 Å². The van der Waals surface area contributed by atoms with Gasteiger partial charge in [-0.2, -0.15) is 0 Å². The van der Waals surface area contributed by atoms with E-state index in [-0.39, 0.29) is 5.91 Å². The number of carbonyl (C=O) groups excluding carboxylic acids is 2. The Morgan fingerprint density at radius 2 is 1.92 bits per heavy atom. The topological polar surface area (TPSA) is 82.1 Å². The molecule has 0 aliphatic heterocycles. The van der Waals surface area contributed by atoms with Crippen molar-refractivity contribution in [2.75, 3.05) is 5.32 Å². The number of allylic oxidation sites excluding steroid dienone is 2. The van der Waals surface area contributed by atoms with Crippen LogP contribution in [0.1, 0.15) is 12.8 Å². The van der Waals surface area contributed by atoms with Gasteiger partial charge < -0.3 is 15.2 Å². The van der Waals surface area contributed by atoms with Crippen LogP contribution in [0.5, 0.6) is 0 Å². The van der Waals surface area contributed by atoms with Crippen molar-refractivity contribution in [3.05, 3.63) is 46.8 Å². The van der Waals surface area contributed by atoms with Gasteiger partial charge in [0, 0.05) is 27.9 Å². The number of rotatable bonds is 4. The van der Waals surface area contributed by atoms with Gasteiger partial charge in [0.1, 0.15) is 0 Å². The van der Waals surface area contributed by atoms with Crippen molar-refractivity contribution < 1.29 is 14.7 Å². The van der Waals surface area contributed by atoms with Crippen LogP contribution in [-0.4, -0.2) is 16.9 Å². The summed E-state index contributed by atoms with van der Waals surface area (Å²) in [6, 6.07) is 7.31. The number of aliphatic carboxylic acids is 1. The van der Waals surface area contributed by atoms with Gasteiger partial charge in [0.05, 0.1) is 11.6 Å². The smallest absolute Gasteiger partial charge is 0.230 e. The first-order valence-corrected chi connectivity index (χ1v) is 8.69. The first-order chi connectivity index (χ1) is 11.6. The van der Waals surface area contributed by atoms with Crippen molar-refractivity contribution in [2.45, 2.75) is 12.8 Å². The number of nitrogens with zero attached hydrogens (tertiary/aromatic N) is 1. The van der Waals surface area contributed by atoms with Crippen LogP contribution < -0.4 is 10.4 Å². The molecule has 1 aliphatic carbocycles. The maximum atomic E-state index is 12.4. The largest absolute Gasteiger partial charge is 0.550 e. The number of halogens is 1. The molecule has 0 saturated heterocycles. The fourth-order valence-corrected chi connectivity index (χ4v) is 3.63. The lowest BCUT2D eigenvalue weighted by Crippen LogP contribution is -2.41. The van der Waals surface area contributed by atoms with Crippen LogP contribution in [0.2, 0.25) is 5.02 Å². The molecule has 0 spiro atoms. The van der Waals surface area contributed by atoms with Crippen LogP contribution >= 0.6 is 22.9 Å². The van der Waals surface area contributed by atoms with Gasteiger partial charge in [-0.3, -0.25) is 4.79 Å². The first kappa shape index (κ1) is 16.7. The number of nitrogens with one attached hydrogen (secondary N) is 1. The molecule has 24 heavy (non-hydrogen) atoms. The molecule has 0 fully saturated rings. The Labute approximate surface area is 148 Å². The Hall–Kier alpha value is -2.18. The summed E-state index contributed by atoms with van der Waals surface area (Å²) in [5, 5.41) is 16.7. The summed E-state index contributed by atoms with van der Waals surface area (Å²) in [6.07, 6.45) is 4.28. The molecule has 1 amide bonds. The maximum absolute atomic E-state index is 12.4. The zero-order chi connectivity index (χ0) is 17.1. The molecule has 1 aromatic heterocycles. The number of hydrogen-bond acceptors (Lipinski definition) is 5. The predicted octanol–water partition coefficient (Wildman–Crippen LogP) is 2.73. The third-order valence-corrected chi connectivity index (χ3v) is 5.04. The quantitative estimate of drug-likeness (QED) is 0.849. The molecule has 3 rings (SSSR count). The average molecular weight is 362 g/mol. The zero-order valence-electron chi connectivity index (χ0n) is 12.6. The van der Waals surface area contributed by atoms with Gasteiger partial charge in [0.2, 0.25) is 5.91 Å². The Balaban J connectivity index is 1.75. The second-order valence-corrected chi connectivity index (χ2v) is 6.75. The maximum Gasteiger partial charge on any atom is 0.230 e.